The minimum atomic E-state index is -0.0956. The molecule has 0 saturated carbocycles. The van der Waals surface area contributed by atoms with E-state index in [-0.39, 0.29) is 11.8 Å². The van der Waals surface area contributed by atoms with E-state index in [0.29, 0.717) is 31.3 Å². The van der Waals surface area contributed by atoms with Gasteiger partial charge in [-0.05, 0) is 55.3 Å². The van der Waals surface area contributed by atoms with E-state index >= 15 is 0 Å². The number of hydrogen-bond acceptors (Lipinski definition) is 5. The van der Waals surface area contributed by atoms with Crippen LogP contribution in [0.1, 0.15) is 37.6 Å². The number of carbonyl (C=O) groups excluding carboxylic acids is 1. The van der Waals surface area contributed by atoms with E-state index in [2.05, 4.69) is 29.2 Å². The van der Waals surface area contributed by atoms with Gasteiger partial charge in [-0.25, -0.2) is 0 Å². The SMILES string of the molecule is CCOc1ccc(-c2noc(C3CC(=O)N(c4cccc(CC)c4)C3)n2)cc1. The Balaban J connectivity index is 1.50. The van der Waals surface area contributed by atoms with Gasteiger partial charge >= 0.3 is 0 Å². The molecule has 1 aromatic heterocycles. The van der Waals surface area contributed by atoms with Crippen molar-refractivity contribution in [1.82, 2.24) is 10.1 Å². The summed E-state index contributed by atoms with van der Waals surface area (Å²) in [5, 5.41) is 4.10. The van der Waals surface area contributed by atoms with Crippen molar-refractivity contribution in [2.45, 2.75) is 32.6 Å². The van der Waals surface area contributed by atoms with Gasteiger partial charge in [0.25, 0.3) is 0 Å². The van der Waals surface area contributed by atoms with Gasteiger partial charge in [-0.15, -0.1) is 0 Å². The summed E-state index contributed by atoms with van der Waals surface area (Å²) >= 11 is 0. The normalized spacial score (nSPS) is 16.6. The van der Waals surface area contributed by atoms with Crippen LogP contribution >= 0.6 is 0 Å². The largest absolute Gasteiger partial charge is 0.494 e. The Morgan fingerprint density at radius 2 is 2.00 bits per heavy atom. The van der Waals surface area contributed by atoms with Crippen LogP contribution in [0, 0.1) is 0 Å². The predicted octanol–water partition coefficient (Wildman–Crippen LogP) is 4.22. The Morgan fingerprint density at radius 1 is 1.18 bits per heavy atom. The van der Waals surface area contributed by atoms with Gasteiger partial charge in [-0.1, -0.05) is 24.2 Å². The quantitative estimate of drug-likeness (QED) is 0.643. The van der Waals surface area contributed by atoms with Crippen molar-refractivity contribution in [1.29, 1.82) is 0 Å². The second kappa shape index (κ2) is 7.84. The summed E-state index contributed by atoms with van der Waals surface area (Å²) in [5.74, 6) is 1.82. The van der Waals surface area contributed by atoms with Crippen LogP contribution in [0.15, 0.2) is 53.1 Å². The Labute approximate surface area is 164 Å². The number of nitrogens with zero attached hydrogens (tertiary/aromatic N) is 3. The molecule has 2 heterocycles. The zero-order chi connectivity index (χ0) is 19.5. The first-order chi connectivity index (χ1) is 13.7. The molecule has 3 aromatic rings. The van der Waals surface area contributed by atoms with Crippen molar-refractivity contribution in [2.24, 2.45) is 0 Å². The van der Waals surface area contributed by atoms with Gasteiger partial charge in [0.2, 0.25) is 17.6 Å². The smallest absolute Gasteiger partial charge is 0.232 e. The summed E-state index contributed by atoms with van der Waals surface area (Å²) < 4.78 is 10.9. The molecule has 1 unspecified atom stereocenters. The number of amides is 1. The van der Waals surface area contributed by atoms with Crippen molar-refractivity contribution in [3.63, 3.8) is 0 Å². The minimum Gasteiger partial charge on any atom is -0.494 e. The van der Waals surface area contributed by atoms with Gasteiger partial charge in [0.1, 0.15) is 5.75 Å². The lowest BCUT2D eigenvalue weighted by Crippen LogP contribution is -2.24. The molecule has 0 aliphatic carbocycles. The van der Waals surface area contributed by atoms with E-state index in [9.17, 15) is 4.79 Å². The molecule has 2 aromatic carbocycles. The molecule has 144 valence electrons. The fourth-order valence-electron chi connectivity index (χ4n) is 3.45. The average Bonchev–Trinajstić information content (AvgIpc) is 3.36. The Morgan fingerprint density at radius 3 is 2.75 bits per heavy atom. The van der Waals surface area contributed by atoms with Gasteiger partial charge in [0.15, 0.2) is 0 Å². The van der Waals surface area contributed by atoms with Crippen LogP contribution in [0.5, 0.6) is 5.75 Å². The van der Waals surface area contributed by atoms with Crippen LogP contribution in [0.2, 0.25) is 0 Å². The second-order valence-electron chi connectivity index (χ2n) is 6.84. The van der Waals surface area contributed by atoms with Crippen LogP contribution in [0.25, 0.3) is 11.4 Å². The summed E-state index contributed by atoms with van der Waals surface area (Å²) in [6.07, 6.45) is 1.32. The minimum absolute atomic E-state index is 0.0825. The molecular weight excluding hydrogens is 354 g/mol. The third kappa shape index (κ3) is 3.63. The molecule has 1 amide bonds. The van der Waals surface area contributed by atoms with Gasteiger partial charge in [-0.3, -0.25) is 4.79 Å². The van der Waals surface area contributed by atoms with Crippen molar-refractivity contribution >= 4 is 11.6 Å². The molecule has 1 aliphatic heterocycles. The van der Waals surface area contributed by atoms with Crippen molar-refractivity contribution in [3.05, 3.63) is 60.0 Å². The van der Waals surface area contributed by atoms with Gasteiger partial charge in [-0.2, -0.15) is 4.98 Å². The number of anilines is 1. The van der Waals surface area contributed by atoms with Gasteiger partial charge in [0, 0.05) is 24.2 Å². The number of ether oxygens (including phenoxy) is 1. The van der Waals surface area contributed by atoms with E-state index in [1.807, 2.05) is 48.2 Å². The maximum Gasteiger partial charge on any atom is 0.232 e. The Bertz CT molecular complexity index is 965. The lowest BCUT2D eigenvalue weighted by Gasteiger charge is -2.16. The molecule has 1 aliphatic rings. The lowest BCUT2D eigenvalue weighted by molar-refractivity contribution is -0.117. The van der Waals surface area contributed by atoms with Crippen molar-refractivity contribution in [3.8, 4) is 17.1 Å². The summed E-state index contributed by atoms with van der Waals surface area (Å²) in [6, 6.07) is 15.7. The molecule has 1 saturated heterocycles. The fraction of sp³-hybridized carbons (Fsp3) is 0.318. The van der Waals surface area contributed by atoms with Crippen LogP contribution in [-0.4, -0.2) is 29.2 Å². The molecule has 1 atom stereocenters. The molecule has 1 fully saturated rings. The molecular formula is C22H23N3O3. The maximum absolute atomic E-state index is 12.6. The van der Waals surface area contributed by atoms with Gasteiger partial charge < -0.3 is 14.2 Å². The molecule has 0 spiro atoms. The highest BCUT2D eigenvalue weighted by Crippen LogP contribution is 2.32. The molecule has 0 bridgehead atoms. The third-order valence-electron chi connectivity index (χ3n) is 4.97. The number of benzene rings is 2. The van der Waals surface area contributed by atoms with Crippen LogP contribution < -0.4 is 9.64 Å². The number of carbonyl (C=O) groups is 1. The summed E-state index contributed by atoms with van der Waals surface area (Å²) in [4.78, 5) is 18.9. The average molecular weight is 377 g/mol. The number of hydrogen-bond donors (Lipinski definition) is 0. The lowest BCUT2D eigenvalue weighted by atomic mass is 10.1. The summed E-state index contributed by atoms with van der Waals surface area (Å²) in [5.41, 5.74) is 3.00. The predicted molar refractivity (Wildman–Crippen MR) is 106 cm³/mol. The van der Waals surface area contributed by atoms with Crippen LogP contribution in [0.4, 0.5) is 5.69 Å². The highest BCUT2D eigenvalue weighted by atomic mass is 16.5. The standard InChI is InChI=1S/C22H23N3O3/c1-3-15-6-5-7-18(12-15)25-14-17(13-20(25)26)22-23-21(24-28-22)16-8-10-19(11-9-16)27-4-2/h5-12,17H,3-4,13-14H2,1-2H3. The first kappa shape index (κ1) is 18.2. The highest BCUT2D eigenvalue weighted by molar-refractivity contribution is 5.96. The van der Waals surface area contributed by atoms with Crippen molar-refractivity contribution in [2.75, 3.05) is 18.1 Å². The van der Waals surface area contributed by atoms with E-state index in [4.69, 9.17) is 9.26 Å². The summed E-state index contributed by atoms with van der Waals surface area (Å²) in [7, 11) is 0. The van der Waals surface area contributed by atoms with E-state index in [1.165, 1.54) is 5.56 Å². The Hall–Kier alpha value is -3.15. The monoisotopic (exact) mass is 377 g/mol. The van der Waals surface area contributed by atoms with Crippen LogP contribution in [-0.2, 0) is 11.2 Å². The zero-order valence-corrected chi connectivity index (χ0v) is 16.1. The molecule has 6 heteroatoms. The van der Waals surface area contributed by atoms with E-state index < -0.39 is 0 Å². The molecule has 28 heavy (non-hydrogen) atoms. The summed E-state index contributed by atoms with van der Waals surface area (Å²) in [6.45, 7) is 5.23. The van der Waals surface area contributed by atoms with E-state index in [1.54, 1.807) is 0 Å². The molecule has 4 rings (SSSR count). The number of rotatable bonds is 6. The topological polar surface area (TPSA) is 68.5 Å². The van der Waals surface area contributed by atoms with E-state index in [0.717, 1.165) is 23.4 Å². The molecule has 6 nitrogen and oxygen atoms in total. The number of aromatic nitrogens is 2. The number of aryl methyl sites for hydroxylation is 1. The first-order valence-corrected chi connectivity index (χ1v) is 9.64. The molecule has 0 radical (unpaired) electrons. The second-order valence-corrected chi connectivity index (χ2v) is 6.84. The van der Waals surface area contributed by atoms with Gasteiger partial charge in [0.05, 0.1) is 12.5 Å². The van der Waals surface area contributed by atoms with Crippen molar-refractivity contribution < 1.29 is 14.1 Å². The highest BCUT2D eigenvalue weighted by Gasteiger charge is 2.35. The van der Waals surface area contributed by atoms with Crippen LogP contribution in [0.3, 0.4) is 0 Å². The third-order valence-corrected chi connectivity index (χ3v) is 4.97. The zero-order valence-electron chi connectivity index (χ0n) is 16.1. The Kier molecular flexibility index (Phi) is 5.10. The maximum atomic E-state index is 12.6. The fourth-order valence-corrected chi connectivity index (χ4v) is 3.45. The first-order valence-electron chi connectivity index (χ1n) is 9.64. The molecule has 0 N–H and O–H groups in total.